The fourth-order valence-electron chi connectivity index (χ4n) is 1.13. The summed E-state index contributed by atoms with van der Waals surface area (Å²) in [7, 11) is 0. The van der Waals surface area contributed by atoms with Crippen molar-refractivity contribution >= 4 is 28.7 Å². The van der Waals surface area contributed by atoms with Gasteiger partial charge in [-0.15, -0.1) is 11.8 Å². The molecule has 0 aliphatic rings. The van der Waals surface area contributed by atoms with E-state index in [1.54, 1.807) is 0 Å². The Morgan fingerprint density at radius 1 is 1.40 bits per heavy atom. The minimum absolute atomic E-state index is 0.481. The van der Waals surface area contributed by atoms with E-state index in [-0.39, 0.29) is 0 Å². The van der Waals surface area contributed by atoms with Gasteiger partial charge in [-0.25, -0.2) is 0 Å². The highest BCUT2D eigenvalue weighted by atomic mass is 35.5. The van der Waals surface area contributed by atoms with Crippen LogP contribution in [0.15, 0.2) is 29.2 Å². The molecule has 0 spiro atoms. The number of halogens is 1. The lowest BCUT2D eigenvalue weighted by Gasteiger charge is -2.06. The van der Waals surface area contributed by atoms with Crippen molar-refractivity contribution < 1.29 is 4.79 Å². The van der Waals surface area contributed by atoms with Gasteiger partial charge in [-0.2, -0.15) is 0 Å². The number of hydrogen-bond acceptors (Lipinski definition) is 2. The van der Waals surface area contributed by atoms with Gasteiger partial charge in [-0.05, 0) is 29.3 Å². The van der Waals surface area contributed by atoms with E-state index in [1.807, 2.05) is 23.9 Å². The third-order valence-electron chi connectivity index (χ3n) is 1.73. The molecular weight excluding hydrogens is 230 g/mol. The highest BCUT2D eigenvalue weighted by Gasteiger charge is 1.99. The van der Waals surface area contributed by atoms with Gasteiger partial charge in [0.1, 0.15) is 0 Å². The second-order valence-corrected chi connectivity index (χ2v) is 5.43. The molecule has 0 saturated heterocycles. The van der Waals surface area contributed by atoms with E-state index in [9.17, 15) is 4.79 Å². The molecule has 2 nitrogen and oxygen atoms in total. The van der Waals surface area contributed by atoms with Crippen LogP contribution in [0, 0.1) is 0 Å². The molecule has 1 N–H and O–H groups in total. The Bertz CT molecular complexity index is 324. The molecule has 82 valence electrons. The summed E-state index contributed by atoms with van der Waals surface area (Å²) in [5.74, 6) is 0. The fraction of sp³-hybridized carbons (Fsp3) is 0.364. The van der Waals surface area contributed by atoms with Crippen molar-refractivity contribution in [3.63, 3.8) is 0 Å². The molecule has 0 atom stereocenters. The summed E-state index contributed by atoms with van der Waals surface area (Å²) in [6.07, 6.45) is 0. The summed E-state index contributed by atoms with van der Waals surface area (Å²) in [5, 5.41) is 2.61. The fourth-order valence-corrected chi connectivity index (χ4v) is 2.03. The van der Waals surface area contributed by atoms with Crippen LogP contribution in [-0.4, -0.2) is 10.6 Å². The molecule has 1 rings (SSSR count). The molecule has 4 heteroatoms. The van der Waals surface area contributed by atoms with Gasteiger partial charge in [0.25, 0.3) is 0 Å². The lowest BCUT2D eigenvalue weighted by atomic mass is 10.2. The number of rotatable bonds is 4. The van der Waals surface area contributed by atoms with Crippen LogP contribution in [-0.2, 0) is 6.54 Å². The van der Waals surface area contributed by atoms with Crippen LogP contribution in [0.3, 0.4) is 0 Å². The average molecular weight is 244 g/mol. The van der Waals surface area contributed by atoms with Gasteiger partial charge < -0.3 is 5.32 Å². The van der Waals surface area contributed by atoms with Gasteiger partial charge in [0.2, 0.25) is 0 Å². The molecule has 1 amide bonds. The first-order valence-corrected chi connectivity index (χ1v) is 6.02. The summed E-state index contributed by atoms with van der Waals surface area (Å²) >= 11 is 6.99. The lowest BCUT2D eigenvalue weighted by Crippen LogP contribution is -2.15. The quantitative estimate of drug-likeness (QED) is 0.497. The molecule has 0 fully saturated rings. The average Bonchev–Trinajstić information content (AvgIpc) is 2.16. The van der Waals surface area contributed by atoms with E-state index in [1.165, 1.54) is 4.90 Å². The zero-order valence-corrected chi connectivity index (χ0v) is 10.4. The second kappa shape index (κ2) is 6.03. The predicted octanol–water partition coefficient (Wildman–Crippen LogP) is 3.64. The van der Waals surface area contributed by atoms with Crippen molar-refractivity contribution in [2.24, 2.45) is 0 Å². The minimum atomic E-state index is -0.518. The molecule has 0 aliphatic carbocycles. The molecule has 1 aromatic carbocycles. The highest BCUT2D eigenvalue weighted by molar-refractivity contribution is 7.99. The summed E-state index contributed by atoms with van der Waals surface area (Å²) < 4.78 is 0. The van der Waals surface area contributed by atoms with Crippen LogP contribution in [0.2, 0.25) is 0 Å². The molecule has 0 unspecified atom stereocenters. The Hall–Kier alpha value is -0.670. The van der Waals surface area contributed by atoms with E-state index < -0.39 is 5.37 Å². The van der Waals surface area contributed by atoms with Crippen LogP contribution in [0.4, 0.5) is 4.79 Å². The number of thioether (sulfide) groups is 1. The van der Waals surface area contributed by atoms with Crippen LogP contribution < -0.4 is 5.32 Å². The Morgan fingerprint density at radius 3 is 2.47 bits per heavy atom. The van der Waals surface area contributed by atoms with Crippen molar-refractivity contribution in [3.8, 4) is 0 Å². The van der Waals surface area contributed by atoms with Gasteiger partial charge >= 0.3 is 5.37 Å². The predicted molar refractivity (Wildman–Crippen MR) is 65.5 cm³/mol. The van der Waals surface area contributed by atoms with Gasteiger partial charge in [0.15, 0.2) is 0 Å². The lowest BCUT2D eigenvalue weighted by molar-refractivity contribution is 0.259. The molecular formula is C11H14ClNOS. The molecule has 15 heavy (non-hydrogen) atoms. The molecule has 0 saturated carbocycles. The van der Waals surface area contributed by atoms with E-state index in [0.717, 1.165) is 5.56 Å². The Balaban J connectivity index is 2.52. The first-order chi connectivity index (χ1) is 7.08. The number of amides is 1. The normalized spacial score (nSPS) is 10.4. The zero-order valence-electron chi connectivity index (χ0n) is 8.79. The molecule has 0 aromatic heterocycles. The van der Waals surface area contributed by atoms with Crippen LogP contribution in [0.25, 0.3) is 0 Å². The first-order valence-electron chi connectivity index (χ1n) is 4.77. The zero-order chi connectivity index (χ0) is 11.3. The minimum Gasteiger partial charge on any atom is -0.339 e. The topological polar surface area (TPSA) is 29.1 Å². The van der Waals surface area contributed by atoms with Gasteiger partial charge in [0.05, 0.1) is 0 Å². The third kappa shape index (κ3) is 5.09. The van der Waals surface area contributed by atoms with Crippen molar-refractivity contribution in [1.29, 1.82) is 0 Å². The third-order valence-corrected chi connectivity index (χ3v) is 2.88. The largest absolute Gasteiger partial charge is 0.339 e. The molecule has 0 heterocycles. The van der Waals surface area contributed by atoms with Crippen LogP contribution in [0.1, 0.15) is 19.4 Å². The summed E-state index contributed by atoms with van der Waals surface area (Å²) in [6.45, 7) is 4.80. The van der Waals surface area contributed by atoms with Gasteiger partial charge in [-0.3, -0.25) is 4.79 Å². The smallest absolute Gasteiger partial charge is 0.314 e. The van der Waals surface area contributed by atoms with Gasteiger partial charge in [-0.1, -0.05) is 26.0 Å². The standard InChI is InChI=1S/C11H14ClNOS/c1-8(2)15-10-5-3-9(4-6-10)7-13-11(12)14/h3-6,8H,7H2,1-2H3,(H,13,14). The van der Waals surface area contributed by atoms with Crippen molar-refractivity contribution in [2.45, 2.75) is 30.5 Å². The number of benzene rings is 1. The van der Waals surface area contributed by atoms with Crippen LogP contribution >= 0.6 is 23.4 Å². The monoisotopic (exact) mass is 243 g/mol. The summed E-state index contributed by atoms with van der Waals surface area (Å²) in [5.41, 5.74) is 1.05. The van der Waals surface area contributed by atoms with E-state index in [2.05, 4.69) is 31.3 Å². The van der Waals surface area contributed by atoms with Crippen molar-refractivity contribution in [3.05, 3.63) is 29.8 Å². The highest BCUT2D eigenvalue weighted by Crippen LogP contribution is 2.22. The SMILES string of the molecule is CC(C)Sc1ccc(CNC(=O)Cl)cc1. The Labute approximate surface area is 99.4 Å². The molecule has 0 bridgehead atoms. The van der Waals surface area contributed by atoms with E-state index in [4.69, 9.17) is 11.6 Å². The number of carbonyl (C=O) groups excluding carboxylic acids is 1. The van der Waals surface area contributed by atoms with Gasteiger partial charge in [0, 0.05) is 16.7 Å². The maximum atomic E-state index is 10.5. The van der Waals surface area contributed by atoms with Crippen molar-refractivity contribution in [2.75, 3.05) is 0 Å². The Kier molecular flexibility index (Phi) is 4.99. The first kappa shape index (κ1) is 12.4. The molecule has 1 aromatic rings. The van der Waals surface area contributed by atoms with E-state index in [0.29, 0.717) is 11.8 Å². The molecule has 0 aliphatic heterocycles. The maximum Gasteiger partial charge on any atom is 0.314 e. The summed E-state index contributed by atoms with van der Waals surface area (Å²) in [4.78, 5) is 11.7. The van der Waals surface area contributed by atoms with Crippen LogP contribution in [0.5, 0.6) is 0 Å². The number of carbonyl (C=O) groups is 1. The Morgan fingerprint density at radius 2 is 2.00 bits per heavy atom. The second-order valence-electron chi connectivity index (χ2n) is 3.44. The summed E-state index contributed by atoms with van der Waals surface area (Å²) in [6, 6.07) is 8.11. The number of nitrogens with one attached hydrogen (secondary N) is 1. The van der Waals surface area contributed by atoms with Crippen molar-refractivity contribution in [1.82, 2.24) is 5.32 Å². The number of hydrogen-bond donors (Lipinski definition) is 1. The maximum absolute atomic E-state index is 10.5. The molecule has 0 radical (unpaired) electrons. The van der Waals surface area contributed by atoms with E-state index >= 15 is 0 Å².